The third-order valence-corrected chi connectivity index (χ3v) is 24.0. The van der Waals surface area contributed by atoms with Crippen molar-refractivity contribution >= 4 is 65.8 Å². The van der Waals surface area contributed by atoms with E-state index in [0.29, 0.717) is 61.1 Å². The number of rotatable bonds is 10. The van der Waals surface area contributed by atoms with Crippen LogP contribution in [-0.4, -0.2) is 29.9 Å². The van der Waals surface area contributed by atoms with Gasteiger partial charge in [-0.15, -0.1) is 161 Å². The Labute approximate surface area is 999 Å². The van der Waals surface area contributed by atoms with Crippen LogP contribution in [0.2, 0.25) is 0 Å². The number of fused-ring (bicyclic) bond motifs is 9. The number of aryl methyl sites for hydroxylation is 18. The molecule has 9 aromatic heterocycles. The molecule has 0 N–H and O–H groups in total. The Morgan fingerprint density at radius 1 is 0.242 bits per heavy atom. The molecule has 21 aromatic rings. The van der Waals surface area contributed by atoms with Crippen LogP contribution in [0.4, 0.5) is 0 Å². The zero-order valence-electron chi connectivity index (χ0n) is 136. The molecule has 0 aliphatic carbocycles. The Bertz CT molecular complexity index is 9930. The molecule has 9 heterocycles. The van der Waals surface area contributed by atoms with Gasteiger partial charge in [0.2, 0.25) is 0 Å². The smallest absolute Gasteiger partial charge is 0.123 e. The third kappa shape index (κ3) is 26.3. The average molecular weight is 2540 g/mol. The number of pyridine rings is 6. The van der Waals surface area contributed by atoms with Gasteiger partial charge in [-0.3, -0.25) is 0 Å². The number of furan rings is 3. The minimum atomic E-state index is -2.69. The predicted molar refractivity (Wildman–Crippen MR) is 614 cm³/mol. The van der Waals surface area contributed by atoms with Crippen molar-refractivity contribution in [3.8, 4) is 101 Å². The molecule has 0 atom stereocenters. The van der Waals surface area contributed by atoms with E-state index in [1.54, 1.807) is 146 Å². The van der Waals surface area contributed by atoms with Crippen molar-refractivity contribution in [2.45, 2.75) is 229 Å². The standard InChI is InChI=1S/3C31H30NO.C17H20N.C14H14N.C13H12N.3Ir/c3*1-18-13-20(3)29-27(14-18)24-9-8-10-25(30(24)33-29)28-16-26(21(4)17-32-28)23-12-11-22(15-19(23)2)31(5,6)7;1-13-5-8-15(9-6-13)16-10-7-14(12-18-16)11-17(2,3)4;1-10-4-6-13(7-5-10)14-8-11(2)12(3)9-15-14;1-10-3-6-12(7-4-10)13-8-5-11(2)9-14-13;;;/h3*8-9,11-17H,1-7H3;5-8,10,12H,11H2,1-4H3;4-6,8-9H,1-3H3;3-6,8-9H,1-2H3;;;/q6*-1;;;/i3*1D3,2D3,3D3,4D3;1D3,11D2;1D3,3D3;1D3,2D3;;;. The van der Waals surface area contributed by atoms with Crippen LogP contribution in [0.25, 0.3) is 167 Å². The van der Waals surface area contributed by atoms with Crippen LogP contribution in [0.1, 0.15) is 278 Å². The van der Waals surface area contributed by atoms with Crippen molar-refractivity contribution in [2.75, 3.05) is 0 Å². The van der Waals surface area contributed by atoms with E-state index in [-0.39, 0.29) is 288 Å². The molecule has 12 heteroatoms. The summed E-state index contributed by atoms with van der Waals surface area (Å²) in [5.74, 6) is 0. The summed E-state index contributed by atoms with van der Waals surface area (Å²) in [6.45, 7) is -17.4. The molecule has 0 amide bonds. The van der Waals surface area contributed by atoms with Crippen molar-refractivity contribution < 1.29 is 146 Å². The molecule has 21 rings (SSSR count). The first kappa shape index (κ1) is 61.3. The fraction of sp³-hybridized carbons (Fsp3) is 0.255. The molecule has 0 aliphatic rings. The zero-order valence-corrected chi connectivity index (χ0v) is 90.5. The van der Waals surface area contributed by atoms with Gasteiger partial charge in [0, 0.05) is 186 Å². The summed E-state index contributed by atoms with van der Waals surface area (Å²) in [6.07, 6.45) is 6.20. The van der Waals surface area contributed by atoms with Crippen LogP contribution >= 0.6 is 0 Å². The molecule has 3 radical (unpaired) electrons. The normalized spacial score (nSPS) is 18.2. The third-order valence-electron chi connectivity index (χ3n) is 24.0. The predicted octanol–water partition coefficient (Wildman–Crippen LogP) is 37.0. The zero-order chi connectivity index (χ0) is 149. The number of benzene rings is 12. The monoisotopic (exact) mass is 2550 g/mol. The summed E-state index contributed by atoms with van der Waals surface area (Å²) in [4.78, 5) is 25.7. The number of hydrogen-bond donors (Lipinski definition) is 0. The average Bonchev–Trinajstić information content (AvgIpc) is 1.57. The number of hydrogen-bond acceptors (Lipinski definition) is 9. The van der Waals surface area contributed by atoms with Crippen molar-refractivity contribution in [1.82, 2.24) is 29.9 Å². The van der Waals surface area contributed by atoms with Crippen molar-refractivity contribution in [1.29, 1.82) is 0 Å². The van der Waals surface area contributed by atoms with Gasteiger partial charge in [0.05, 0.1) is 16.7 Å². The number of aromatic nitrogens is 6. The maximum atomic E-state index is 8.28. The van der Waals surface area contributed by atoms with Gasteiger partial charge in [-0.1, -0.05) is 280 Å². The molecule has 765 valence electrons. The van der Waals surface area contributed by atoms with Crippen LogP contribution < -0.4 is 0 Å². The molecular formula is C137H136Ir3N6O3-6. The van der Waals surface area contributed by atoms with Gasteiger partial charge in [0.1, 0.15) is 16.7 Å². The van der Waals surface area contributed by atoms with Crippen LogP contribution in [0, 0.1) is 165 Å². The van der Waals surface area contributed by atoms with E-state index in [2.05, 4.69) is 66.3 Å². The molecule has 0 fully saturated rings. The first-order valence-electron chi connectivity index (χ1n) is 72.9. The van der Waals surface area contributed by atoms with Gasteiger partial charge >= 0.3 is 0 Å². The van der Waals surface area contributed by atoms with Crippen LogP contribution in [0.15, 0.2) is 281 Å². The molecule has 9 nitrogen and oxygen atoms in total. The van der Waals surface area contributed by atoms with E-state index in [1.165, 1.54) is 110 Å². The maximum absolute atomic E-state index is 8.28. The van der Waals surface area contributed by atoms with Crippen LogP contribution in [0.5, 0.6) is 0 Å². The minimum Gasteiger partial charge on any atom is -0.500 e. The Kier molecular flexibility index (Phi) is 19.3. The van der Waals surface area contributed by atoms with Gasteiger partial charge in [0.25, 0.3) is 0 Å². The largest absolute Gasteiger partial charge is 0.500 e. The second-order valence-corrected chi connectivity index (χ2v) is 39.3. The van der Waals surface area contributed by atoms with E-state index < -0.39 is 128 Å². The van der Waals surface area contributed by atoms with E-state index >= 15 is 0 Å². The van der Waals surface area contributed by atoms with Crippen LogP contribution in [0.3, 0.4) is 0 Å². The molecule has 0 aliphatic heterocycles. The van der Waals surface area contributed by atoms with Gasteiger partial charge in [-0.25, -0.2) is 0 Å². The van der Waals surface area contributed by atoms with E-state index in [9.17, 15) is 0 Å². The van der Waals surface area contributed by atoms with E-state index in [0.717, 1.165) is 34.9 Å². The van der Waals surface area contributed by atoms with Crippen LogP contribution in [-0.2, 0) is 82.9 Å². The fourth-order valence-electron chi connectivity index (χ4n) is 16.4. The van der Waals surface area contributed by atoms with Gasteiger partial charge in [0.15, 0.2) is 0 Å². The molecule has 0 bridgehead atoms. The van der Waals surface area contributed by atoms with E-state index in [4.69, 9.17) is 85.9 Å². The topological polar surface area (TPSA) is 117 Å². The Morgan fingerprint density at radius 2 is 0.557 bits per heavy atom. The summed E-state index contributed by atoms with van der Waals surface area (Å²) in [5.41, 5.74) is 7.67. The molecule has 149 heavy (non-hydrogen) atoms. The van der Waals surface area contributed by atoms with Crippen molar-refractivity contribution in [2.24, 2.45) is 5.41 Å². The molecule has 0 unspecified atom stereocenters. The Balaban J connectivity index is 0.000000200. The molecule has 0 spiro atoms. The second kappa shape index (κ2) is 47.0. The summed E-state index contributed by atoms with van der Waals surface area (Å²) in [6, 6.07) is 76.0. The molecule has 12 aromatic carbocycles. The first-order valence-corrected chi connectivity index (χ1v) is 46.4. The Morgan fingerprint density at radius 3 is 0.846 bits per heavy atom. The maximum Gasteiger partial charge on any atom is 0.123 e. The minimum absolute atomic E-state index is 0. The quantitative estimate of drug-likeness (QED) is 0.123. The van der Waals surface area contributed by atoms with Gasteiger partial charge in [-0.2, -0.15) is 0 Å². The van der Waals surface area contributed by atoms with Gasteiger partial charge in [-0.05, 0) is 300 Å². The summed E-state index contributed by atoms with van der Waals surface area (Å²) in [7, 11) is 0. The van der Waals surface area contributed by atoms with Crippen molar-refractivity contribution in [3.05, 3.63) is 426 Å². The van der Waals surface area contributed by atoms with E-state index in [1.807, 2.05) is 83.1 Å². The first-order chi connectivity index (χ1) is 90.6. The second-order valence-electron chi connectivity index (χ2n) is 39.3. The molecule has 0 saturated heterocycles. The fourth-order valence-corrected chi connectivity index (χ4v) is 16.4. The summed E-state index contributed by atoms with van der Waals surface area (Å²) >= 11 is 0. The summed E-state index contributed by atoms with van der Waals surface area (Å²) < 4.78 is 436. The Hall–Kier alpha value is -13.1. The molecule has 0 saturated carbocycles. The number of nitrogens with zero attached hydrogens (tertiary/aromatic N) is 6. The summed E-state index contributed by atoms with van der Waals surface area (Å²) in [5, 5.41) is 2.08. The molecular weight excluding hydrogens is 2350 g/mol. The van der Waals surface area contributed by atoms with Gasteiger partial charge < -0.3 is 43.2 Å². The SMILES string of the molecule is [2H]C([2H])([2H])c1c[c-]c(-c2cc(C)c(C([2H])([2H])[2H])cn2)cc1.[2H]C([2H])([2H])c1c[c-]c(-c2ccc(C([2H])([2H])C(C)(C)C)cn2)cc1.[2H]C([2H])([2H])c1c[c-]c(-c2ccc(C([2H])([2H])[2H])cn2)cc1.[2H]C([2H])([2H])c1cc(C([2H])([2H])[2H])c2oc3c(-c4cc(-c5ccc(C(C)(C)C)cc5C([2H])([2H])[2H])c(C([2H])([2H])[2H])cn4)[c-]ccc3c2c1.[2H]C([2H])([2H])c1cc(C([2H])([2H])[2H])c2oc3c(-c4cc(-c5ccc(C(C)(C)C)cc5C([2H])([2H])[2H])c(C([2H])([2H])[2H])cn4)[c-]ccc3c2c1.[2H]C([2H])([2H])c1cc(C([2H])([2H])[2H])c2oc3c(-c4cc(-c5ccc(C(C)(C)C)cc5C([2H])([2H])[2H])c(C([2H])([2H])[2H])cn4)[c-]ccc3c2c1.[Ir].[Ir].[Ir]. The van der Waals surface area contributed by atoms with Crippen molar-refractivity contribution in [3.63, 3.8) is 0 Å².